The van der Waals surface area contributed by atoms with Crippen molar-refractivity contribution in [1.82, 2.24) is 15.2 Å². The summed E-state index contributed by atoms with van der Waals surface area (Å²) in [6.45, 7) is 2.06. The first-order chi connectivity index (χ1) is 13.5. The zero-order valence-electron chi connectivity index (χ0n) is 15.1. The van der Waals surface area contributed by atoms with Crippen LogP contribution in [0, 0.1) is 5.82 Å². The van der Waals surface area contributed by atoms with Crippen LogP contribution in [0.1, 0.15) is 18.4 Å². The zero-order chi connectivity index (χ0) is 19.7. The Balaban J connectivity index is 1.62. The van der Waals surface area contributed by atoms with Crippen molar-refractivity contribution in [2.45, 2.75) is 25.4 Å². The lowest BCUT2D eigenvalue weighted by atomic mass is 9.99. The van der Waals surface area contributed by atoms with Gasteiger partial charge in [0.05, 0.1) is 15.7 Å². The molecule has 0 aliphatic carbocycles. The van der Waals surface area contributed by atoms with Crippen molar-refractivity contribution < 1.29 is 9.18 Å². The average Bonchev–Trinajstić information content (AvgIpc) is 3.11. The number of nitrogens with zero attached hydrogens (tertiary/aromatic N) is 2. The average molecular weight is 419 g/mol. The summed E-state index contributed by atoms with van der Waals surface area (Å²) in [6, 6.07) is 8.70. The van der Waals surface area contributed by atoms with Crippen LogP contribution >= 0.6 is 22.9 Å². The fourth-order valence-electron chi connectivity index (χ4n) is 3.73. The minimum absolute atomic E-state index is 0.0876. The number of piperidine rings is 1. The Bertz CT molecular complexity index is 1020. The second-order valence-corrected chi connectivity index (χ2v) is 8.32. The van der Waals surface area contributed by atoms with E-state index in [0.29, 0.717) is 28.2 Å². The number of likely N-dealkylation sites (tertiary alicyclic amines) is 1. The molecule has 1 aliphatic heterocycles. The van der Waals surface area contributed by atoms with Crippen molar-refractivity contribution in [3.8, 4) is 11.1 Å². The van der Waals surface area contributed by atoms with E-state index in [1.807, 2.05) is 18.2 Å². The Labute approximate surface area is 171 Å². The molecule has 0 spiro atoms. The van der Waals surface area contributed by atoms with Crippen LogP contribution in [0.15, 0.2) is 35.8 Å². The maximum atomic E-state index is 15.5. The van der Waals surface area contributed by atoms with Gasteiger partial charge >= 0.3 is 6.03 Å². The van der Waals surface area contributed by atoms with Gasteiger partial charge in [-0.15, -0.1) is 11.3 Å². The van der Waals surface area contributed by atoms with E-state index < -0.39 is 6.03 Å². The Morgan fingerprint density at radius 1 is 1.36 bits per heavy atom. The van der Waals surface area contributed by atoms with Crippen LogP contribution in [0.25, 0.3) is 21.3 Å². The standard InChI is InChI=1S/C20H20ClFN4OS/c21-14-3-1-2-12(8-14)17-18(22)13(9-16-19(17)24-11-28-16)10-26-6-4-15(5-7-26)25-20(23)27/h1-3,8-9,11,15H,4-7,10H2,(H3,23,25,27). The van der Waals surface area contributed by atoms with Crippen molar-refractivity contribution in [2.75, 3.05) is 13.1 Å². The number of rotatable bonds is 4. The predicted molar refractivity (Wildman–Crippen MR) is 111 cm³/mol. The fourth-order valence-corrected chi connectivity index (χ4v) is 4.67. The number of amides is 2. The maximum absolute atomic E-state index is 15.5. The van der Waals surface area contributed by atoms with Crippen LogP contribution < -0.4 is 11.1 Å². The molecule has 0 atom stereocenters. The van der Waals surface area contributed by atoms with Gasteiger partial charge in [0.2, 0.25) is 0 Å². The van der Waals surface area contributed by atoms with E-state index in [-0.39, 0.29) is 11.9 Å². The highest BCUT2D eigenvalue weighted by Crippen LogP contribution is 2.36. The van der Waals surface area contributed by atoms with Gasteiger partial charge in [0.1, 0.15) is 5.82 Å². The summed E-state index contributed by atoms with van der Waals surface area (Å²) in [5, 5.41) is 3.32. The highest BCUT2D eigenvalue weighted by atomic mass is 35.5. The van der Waals surface area contributed by atoms with Gasteiger partial charge in [-0.2, -0.15) is 0 Å². The lowest BCUT2D eigenvalue weighted by Gasteiger charge is -2.32. The minimum Gasteiger partial charge on any atom is -0.352 e. The number of benzene rings is 2. The molecular weight excluding hydrogens is 399 g/mol. The SMILES string of the molecule is NC(=O)NC1CCN(Cc2cc3scnc3c(-c3cccc(Cl)c3)c2F)CC1. The van der Waals surface area contributed by atoms with Gasteiger partial charge < -0.3 is 11.1 Å². The molecule has 0 bridgehead atoms. The highest BCUT2D eigenvalue weighted by molar-refractivity contribution is 7.16. The van der Waals surface area contributed by atoms with E-state index in [1.165, 1.54) is 11.3 Å². The number of hydrogen-bond acceptors (Lipinski definition) is 4. The molecule has 1 fully saturated rings. The van der Waals surface area contributed by atoms with Crippen molar-refractivity contribution in [1.29, 1.82) is 0 Å². The van der Waals surface area contributed by atoms with Crippen LogP contribution in [0.4, 0.5) is 9.18 Å². The van der Waals surface area contributed by atoms with Gasteiger partial charge in [-0.25, -0.2) is 14.2 Å². The minimum atomic E-state index is -0.494. The smallest absolute Gasteiger partial charge is 0.312 e. The van der Waals surface area contributed by atoms with E-state index in [0.717, 1.165) is 36.2 Å². The summed E-state index contributed by atoms with van der Waals surface area (Å²) in [7, 11) is 0. The third-order valence-electron chi connectivity index (χ3n) is 5.08. The van der Waals surface area contributed by atoms with E-state index in [4.69, 9.17) is 17.3 Å². The molecule has 146 valence electrons. The van der Waals surface area contributed by atoms with Gasteiger partial charge in [-0.05, 0) is 36.6 Å². The second kappa shape index (κ2) is 8.03. The number of hydrogen-bond donors (Lipinski definition) is 2. The quantitative estimate of drug-likeness (QED) is 0.660. The van der Waals surface area contributed by atoms with Gasteiger partial charge in [0.25, 0.3) is 0 Å². The summed E-state index contributed by atoms with van der Waals surface area (Å²) in [6.07, 6.45) is 1.60. The van der Waals surface area contributed by atoms with Gasteiger partial charge in [-0.3, -0.25) is 4.90 Å². The molecule has 0 unspecified atom stereocenters. The van der Waals surface area contributed by atoms with E-state index in [2.05, 4.69) is 15.2 Å². The molecule has 8 heteroatoms. The van der Waals surface area contributed by atoms with Crippen LogP contribution in [0.5, 0.6) is 0 Å². The summed E-state index contributed by atoms with van der Waals surface area (Å²) >= 11 is 7.63. The predicted octanol–water partition coefficient (Wildman–Crippen LogP) is 4.39. The van der Waals surface area contributed by atoms with Crippen molar-refractivity contribution in [3.05, 3.63) is 52.2 Å². The number of nitrogens with two attached hydrogens (primary N) is 1. The number of fused-ring (bicyclic) bond motifs is 1. The summed E-state index contributed by atoms with van der Waals surface area (Å²) in [5.74, 6) is -0.252. The van der Waals surface area contributed by atoms with Crippen molar-refractivity contribution in [3.63, 3.8) is 0 Å². The fraction of sp³-hybridized carbons (Fsp3) is 0.300. The van der Waals surface area contributed by atoms with Crippen LogP contribution in [0.2, 0.25) is 5.02 Å². The van der Waals surface area contributed by atoms with Crippen LogP contribution in [-0.2, 0) is 6.54 Å². The van der Waals surface area contributed by atoms with Crippen molar-refractivity contribution >= 4 is 39.2 Å². The van der Waals surface area contributed by atoms with Gasteiger partial charge in [0, 0.05) is 41.8 Å². The first-order valence-electron chi connectivity index (χ1n) is 9.10. The number of aromatic nitrogens is 1. The molecule has 0 radical (unpaired) electrons. The third-order valence-corrected chi connectivity index (χ3v) is 6.09. The molecule has 2 amide bonds. The molecule has 2 aromatic carbocycles. The number of carbonyl (C=O) groups excluding carboxylic acids is 1. The highest BCUT2D eigenvalue weighted by Gasteiger charge is 2.23. The van der Waals surface area contributed by atoms with E-state index in [9.17, 15) is 4.79 Å². The molecule has 1 saturated heterocycles. The largest absolute Gasteiger partial charge is 0.352 e. The normalized spacial score (nSPS) is 15.8. The molecule has 1 aromatic heterocycles. The molecule has 28 heavy (non-hydrogen) atoms. The number of halogens is 2. The van der Waals surface area contributed by atoms with Gasteiger partial charge in [-0.1, -0.05) is 23.7 Å². The number of nitrogens with one attached hydrogen (secondary N) is 1. The molecule has 3 N–H and O–H groups in total. The Morgan fingerprint density at radius 2 is 2.14 bits per heavy atom. The summed E-state index contributed by atoms with van der Waals surface area (Å²) < 4.78 is 16.5. The number of carbonyl (C=O) groups is 1. The Hall–Kier alpha value is -2.22. The van der Waals surface area contributed by atoms with E-state index >= 15 is 4.39 Å². The second-order valence-electron chi connectivity index (χ2n) is 6.99. The van der Waals surface area contributed by atoms with Crippen LogP contribution in [-0.4, -0.2) is 35.0 Å². The topological polar surface area (TPSA) is 71.2 Å². The Morgan fingerprint density at radius 3 is 2.86 bits per heavy atom. The molecule has 2 heterocycles. The third kappa shape index (κ3) is 3.97. The van der Waals surface area contributed by atoms with Crippen molar-refractivity contribution in [2.24, 2.45) is 5.73 Å². The number of thiazole rings is 1. The summed E-state index contributed by atoms with van der Waals surface area (Å²) in [4.78, 5) is 17.6. The van der Waals surface area contributed by atoms with E-state index in [1.54, 1.807) is 17.6 Å². The molecule has 0 saturated carbocycles. The molecule has 5 nitrogen and oxygen atoms in total. The maximum Gasteiger partial charge on any atom is 0.312 e. The monoisotopic (exact) mass is 418 g/mol. The lowest BCUT2D eigenvalue weighted by molar-refractivity contribution is 0.187. The number of urea groups is 1. The first-order valence-corrected chi connectivity index (χ1v) is 10.4. The molecule has 1 aliphatic rings. The van der Waals surface area contributed by atoms with Gasteiger partial charge in [0.15, 0.2) is 0 Å². The molecular formula is C20H20ClFN4OS. The first kappa shape index (κ1) is 19.1. The summed E-state index contributed by atoms with van der Waals surface area (Å²) in [5.41, 5.74) is 9.48. The zero-order valence-corrected chi connectivity index (χ0v) is 16.7. The number of primary amides is 1. The molecule has 3 aromatic rings. The lowest BCUT2D eigenvalue weighted by Crippen LogP contribution is -2.46. The van der Waals surface area contributed by atoms with Crippen LogP contribution in [0.3, 0.4) is 0 Å². The molecule has 4 rings (SSSR count). The Kier molecular flexibility index (Phi) is 5.48.